The Hall–Kier alpha value is -2.64. The molecule has 1 saturated heterocycles. The molecule has 132 valence electrons. The van der Waals surface area contributed by atoms with Crippen LogP contribution in [0.2, 0.25) is 0 Å². The van der Waals surface area contributed by atoms with Crippen LogP contribution in [0.25, 0.3) is 10.8 Å². The molecule has 1 fully saturated rings. The van der Waals surface area contributed by atoms with Gasteiger partial charge in [-0.3, -0.25) is 20.4 Å². The summed E-state index contributed by atoms with van der Waals surface area (Å²) in [5.74, 6) is 0.00557. The van der Waals surface area contributed by atoms with Crippen molar-refractivity contribution in [3.8, 4) is 5.75 Å². The Labute approximate surface area is 145 Å². The molecule has 2 amide bonds. The van der Waals surface area contributed by atoms with Crippen molar-refractivity contribution in [2.75, 3.05) is 39.5 Å². The minimum Gasteiger partial charge on any atom is -0.483 e. The Morgan fingerprint density at radius 2 is 1.72 bits per heavy atom. The molecule has 0 unspecified atom stereocenters. The number of fused-ring (bicyclic) bond motifs is 1. The fraction of sp³-hybridized carbons (Fsp3) is 0.333. The molecule has 0 aromatic heterocycles. The smallest absolute Gasteiger partial charge is 0.293 e. The molecule has 3 rings (SSSR count). The van der Waals surface area contributed by atoms with E-state index >= 15 is 0 Å². The lowest BCUT2D eigenvalue weighted by Crippen LogP contribution is -3.15. The third kappa shape index (κ3) is 4.91. The van der Waals surface area contributed by atoms with E-state index in [-0.39, 0.29) is 12.5 Å². The van der Waals surface area contributed by atoms with Crippen molar-refractivity contribution in [3.05, 3.63) is 42.5 Å². The molecule has 1 heterocycles. The second kappa shape index (κ2) is 8.46. The SMILES string of the molecule is O=C(COc1cccc2ccccc12)NNC(=O)C[NH+]1CCOCC1. The van der Waals surface area contributed by atoms with E-state index in [1.54, 1.807) is 0 Å². The van der Waals surface area contributed by atoms with Crippen molar-refractivity contribution < 1.29 is 24.0 Å². The van der Waals surface area contributed by atoms with Gasteiger partial charge in [0.2, 0.25) is 0 Å². The first-order chi connectivity index (χ1) is 12.2. The lowest BCUT2D eigenvalue weighted by molar-refractivity contribution is -0.900. The number of ether oxygens (including phenoxy) is 2. The minimum atomic E-state index is -0.404. The van der Waals surface area contributed by atoms with Crippen molar-refractivity contribution >= 4 is 22.6 Å². The van der Waals surface area contributed by atoms with Crippen LogP contribution in [0.3, 0.4) is 0 Å². The first kappa shape index (κ1) is 17.2. The number of morpholine rings is 1. The van der Waals surface area contributed by atoms with Crippen LogP contribution in [0.15, 0.2) is 42.5 Å². The van der Waals surface area contributed by atoms with E-state index in [0.29, 0.717) is 25.5 Å². The highest BCUT2D eigenvalue weighted by Crippen LogP contribution is 2.24. The highest BCUT2D eigenvalue weighted by atomic mass is 16.5. The molecule has 0 spiro atoms. The number of hydrazine groups is 1. The second-order valence-corrected chi connectivity index (χ2v) is 5.90. The Morgan fingerprint density at radius 1 is 1.00 bits per heavy atom. The van der Waals surface area contributed by atoms with Crippen LogP contribution < -0.4 is 20.5 Å². The van der Waals surface area contributed by atoms with Crippen LogP contribution in [0.5, 0.6) is 5.75 Å². The summed E-state index contributed by atoms with van der Waals surface area (Å²) in [6.07, 6.45) is 0. The van der Waals surface area contributed by atoms with Gasteiger partial charge in [0.15, 0.2) is 13.2 Å². The second-order valence-electron chi connectivity index (χ2n) is 5.90. The van der Waals surface area contributed by atoms with Gasteiger partial charge < -0.3 is 14.4 Å². The Morgan fingerprint density at radius 3 is 2.56 bits per heavy atom. The number of carbonyl (C=O) groups is 2. The molecule has 7 heteroatoms. The van der Waals surface area contributed by atoms with Crippen molar-refractivity contribution in [2.45, 2.75) is 0 Å². The van der Waals surface area contributed by atoms with Crippen LogP contribution in [-0.4, -0.2) is 51.3 Å². The van der Waals surface area contributed by atoms with E-state index in [9.17, 15) is 9.59 Å². The van der Waals surface area contributed by atoms with Gasteiger partial charge in [-0.15, -0.1) is 0 Å². The summed E-state index contributed by atoms with van der Waals surface area (Å²) in [6.45, 7) is 3.06. The normalized spacial score (nSPS) is 14.9. The van der Waals surface area contributed by atoms with Crippen LogP contribution in [0.4, 0.5) is 0 Å². The monoisotopic (exact) mass is 344 g/mol. The first-order valence-corrected chi connectivity index (χ1v) is 8.32. The van der Waals surface area contributed by atoms with E-state index in [1.165, 1.54) is 0 Å². The Kier molecular flexibility index (Phi) is 5.81. The van der Waals surface area contributed by atoms with E-state index in [0.717, 1.165) is 28.8 Å². The number of quaternary nitrogens is 1. The van der Waals surface area contributed by atoms with Crippen molar-refractivity contribution in [1.29, 1.82) is 0 Å². The predicted molar refractivity (Wildman–Crippen MR) is 92.1 cm³/mol. The lowest BCUT2D eigenvalue weighted by atomic mass is 10.1. The van der Waals surface area contributed by atoms with Gasteiger partial charge in [0.25, 0.3) is 11.8 Å². The van der Waals surface area contributed by atoms with Crippen LogP contribution >= 0.6 is 0 Å². The number of nitrogens with one attached hydrogen (secondary N) is 3. The van der Waals surface area contributed by atoms with Gasteiger partial charge in [-0.2, -0.15) is 0 Å². The Balaban J connectivity index is 1.44. The third-order valence-corrected chi connectivity index (χ3v) is 4.06. The average molecular weight is 344 g/mol. The predicted octanol–water partition coefficient (Wildman–Crippen LogP) is -0.719. The number of benzene rings is 2. The number of hydrogen-bond acceptors (Lipinski definition) is 4. The van der Waals surface area contributed by atoms with Crippen molar-refractivity contribution in [3.63, 3.8) is 0 Å². The van der Waals surface area contributed by atoms with Crippen LogP contribution in [0, 0.1) is 0 Å². The maximum absolute atomic E-state index is 11.9. The molecule has 0 aliphatic carbocycles. The molecule has 0 bridgehead atoms. The fourth-order valence-corrected chi connectivity index (χ4v) is 2.75. The summed E-state index contributed by atoms with van der Waals surface area (Å²) >= 11 is 0. The summed E-state index contributed by atoms with van der Waals surface area (Å²) in [4.78, 5) is 24.9. The zero-order chi connectivity index (χ0) is 17.5. The average Bonchev–Trinajstić information content (AvgIpc) is 2.65. The number of carbonyl (C=O) groups excluding carboxylic acids is 2. The third-order valence-electron chi connectivity index (χ3n) is 4.06. The molecule has 2 aromatic carbocycles. The molecule has 3 N–H and O–H groups in total. The first-order valence-electron chi connectivity index (χ1n) is 8.32. The summed E-state index contributed by atoms with van der Waals surface area (Å²) < 4.78 is 10.8. The molecule has 7 nitrogen and oxygen atoms in total. The molecular weight excluding hydrogens is 322 g/mol. The van der Waals surface area contributed by atoms with Crippen LogP contribution in [-0.2, 0) is 14.3 Å². The van der Waals surface area contributed by atoms with E-state index in [4.69, 9.17) is 9.47 Å². The molecule has 0 saturated carbocycles. The standard InChI is InChI=1S/C18H21N3O4/c22-17(12-21-8-10-24-11-9-21)19-20-18(23)13-25-16-7-3-5-14-4-1-2-6-15(14)16/h1-7H,8-13H2,(H,19,22)(H,20,23)/p+1. The lowest BCUT2D eigenvalue weighted by Gasteiger charge is -2.23. The summed E-state index contributed by atoms with van der Waals surface area (Å²) in [7, 11) is 0. The summed E-state index contributed by atoms with van der Waals surface area (Å²) in [5, 5.41) is 1.99. The Bertz CT molecular complexity index is 739. The van der Waals surface area contributed by atoms with Gasteiger partial charge in [0, 0.05) is 5.39 Å². The molecule has 0 atom stereocenters. The zero-order valence-electron chi connectivity index (χ0n) is 13.9. The molecule has 1 aliphatic heterocycles. The van der Waals surface area contributed by atoms with Gasteiger partial charge >= 0.3 is 0 Å². The molecule has 1 aliphatic rings. The van der Waals surface area contributed by atoms with E-state index in [1.807, 2.05) is 42.5 Å². The van der Waals surface area contributed by atoms with Gasteiger partial charge in [-0.1, -0.05) is 36.4 Å². The molecular formula is C18H22N3O4+. The van der Waals surface area contributed by atoms with E-state index in [2.05, 4.69) is 10.9 Å². The minimum absolute atomic E-state index is 0.168. The summed E-state index contributed by atoms with van der Waals surface area (Å²) in [6, 6.07) is 13.5. The number of rotatable bonds is 5. The molecule has 25 heavy (non-hydrogen) atoms. The molecule has 0 radical (unpaired) electrons. The maximum Gasteiger partial charge on any atom is 0.293 e. The van der Waals surface area contributed by atoms with Gasteiger partial charge in [-0.05, 0) is 11.5 Å². The number of amides is 2. The van der Waals surface area contributed by atoms with Crippen molar-refractivity contribution in [1.82, 2.24) is 10.9 Å². The van der Waals surface area contributed by atoms with Crippen LogP contribution in [0.1, 0.15) is 0 Å². The van der Waals surface area contributed by atoms with Gasteiger partial charge in [-0.25, -0.2) is 0 Å². The van der Waals surface area contributed by atoms with Gasteiger partial charge in [0.1, 0.15) is 18.8 Å². The van der Waals surface area contributed by atoms with E-state index < -0.39 is 5.91 Å². The largest absolute Gasteiger partial charge is 0.483 e. The summed E-state index contributed by atoms with van der Waals surface area (Å²) in [5.41, 5.74) is 4.81. The number of hydrogen-bond donors (Lipinski definition) is 3. The quantitative estimate of drug-likeness (QED) is 0.626. The maximum atomic E-state index is 11.9. The molecule has 2 aromatic rings. The highest BCUT2D eigenvalue weighted by molar-refractivity contribution is 5.89. The van der Waals surface area contributed by atoms with Crippen molar-refractivity contribution in [2.24, 2.45) is 0 Å². The topological polar surface area (TPSA) is 81.1 Å². The van der Waals surface area contributed by atoms with Gasteiger partial charge in [0.05, 0.1) is 13.2 Å². The highest BCUT2D eigenvalue weighted by Gasteiger charge is 2.17. The fourth-order valence-electron chi connectivity index (χ4n) is 2.75. The zero-order valence-corrected chi connectivity index (χ0v) is 13.9.